The Hall–Kier alpha value is -3.01. The van der Waals surface area contributed by atoms with E-state index in [9.17, 15) is 4.79 Å². The number of H-pyrrole nitrogens is 1. The molecule has 0 aliphatic heterocycles. The van der Waals surface area contributed by atoms with E-state index in [0.717, 1.165) is 5.39 Å². The molecule has 0 atom stereocenters. The van der Waals surface area contributed by atoms with E-state index < -0.39 is 15.3 Å². The second-order valence-electron chi connectivity index (χ2n) is 2.96. The molecule has 0 unspecified atom stereocenters. The fourth-order valence-corrected chi connectivity index (χ4v) is 1.04. The van der Waals surface area contributed by atoms with Crippen molar-refractivity contribution in [1.29, 1.82) is 0 Å². The van der Waals surface area contributed by atoms with Crippen LogP contribution in [0.2, 0.25) is 0 Å². The number of aromatic nitrogens is 2. The molecule has 1 aromatic carbocycles. The van der Waals surface area contributed by atoms with E-state index in [4.69, 9.17) is 46.0 Å². The molecule has 0 saturated heterocycles. The van der Waals surface area contributed by atoms with Crippen molar-refractivity contribution in [3.63, 3.8) is 0 Å². The van der Waals surface area contributed by atoms with Crippen LogP contribution in [0.3, 0.4) is 0 Å². The maximum Gasteiger partial charge on any atom is 3.00 e. The van der Waals surface area contributed by atoms with Gasteiger partial charge in [0.05, 0.1) is 21.5 Å². The zero-order valence-corrected chi connectivity index (χ0v) is 17.0. The number of nitrogens with one attached hydrogen (secondary N) is 1. The minimum atomic E-state index is -1.75. The van der Waals surface area contributed by atoms with Gasteiger partial charge in [-0.3, -0.25) is 4.79 Å². The first-order valence-corrected chi connectivity index (χ1v) is 4.95. The molecule has 28 heavy (non-hydrogen) atoms. The SMILES string of the molecule is O.O.O.O.O=[N+]([O-])[O-].O=[N+]([O-])[O-].O=[N+]([O-])[O-].O=c1[nH]ncc2ccccc12.[La+3]. The predicted octanol–water partition coefficient (Wildman–Crippen LogP) is -3.09. The Kier molecular flexibility index (Phi) is 41.6. The molecule has 0 fully saturated rings. The smallest absolute Gasteiger partial charge is 0.412 e. The van der Waals surface area contributed by atoms with Crippen LogP contribution in [-0.2, 0) is 0 Å². The average molecular weight is 543 g/mol. The van der Waals surface area contributed by atoms with Crippen LogP contribution in [0.5, 0.6) is 0 Å². The Morgan fingerprint density at radius 3 is 1.39 bits per heavy atom. The Balaban J connectivity index is -0.0000000454. The topological polar surface area (TPSA) is 370 Å². The van der Waals surface area contributed by atoms with Gasteiger partial charge in [-0.2, -0.15) is 5.10 Å². The van der Waals surface area contributed by atoms with Crippen molar-refractivity contribution in [3.05, 3.63) is 86.8 Å². The summed E-state index contributed by atoms with van der Waals surface area (Å²) < 4.78 is 0. The molecule has 2 rings (SSSR count). The van der Waals surface area contributed by atoms with E-state index in [2.05, 4.69) is 10.2 Å². The minimum Gasteiger partial charge on any atom is -0.412 e. The van der Waals surface area contributed by atoms with Crippen molar-refractivity contribution in [2.24, 2.45) is 0 Å². The van der Waals surface area contributed by atoms with E-state index in [0.29, 0.717) is 5.39 Å². The summed E-state index contributed by atoms with van der Waals surface area (Å²) in [5.74, 6) is 0. The van der Waals surface area contributed by atoms with E-state index in [-0.39, 0.29) is 63.1 Å². The monoisotopic (exact) mass is 543 g/mol. The largest absolute Gasteiger partial charge is 3.00 e. The summed E-state index contributed by atoms with van der Waals surface area (Å²) in [6.07, 6.45) is 1.64. The first-order valence-electron chi connectivity index (χ1n) is 4.95. The van der Waals surface area contributed by atoms with Crippen molar-refractivity contribution >= 4 is 10.8 Å². The standard InChI is InChI=1S/C8H6N2O.La.3NO3.4H2O/c11-8-7-4-2-1-3-6(7)5-9-10-8;;3*2-1(3)4;;;;/h1-5H,(H,10,11);;;;;4*1H2/q;+3;3*-1;;;;. The summed E-state index contributed by atoms with van der Waals surface area (Å²) in [6, 6.07) is 7.34. The quantitative estimate of drug-likeness (QED) is 0.256. The van der Waals surface area contributed by atoms with Gasteiger partial charge in [0, 0.05) is 10.8 Å². The molecule has 0 bridgehead atoms. The number of aromatic amines is 1. The van der Waals surface area contributed by atoms with Gasteiger partial charge >= 0.3 is 35.6 Å². The van der Waals surface area contributed by atoms with Crippen molar-refractivity contribution in [2.75, 3.05) is 0 Å². The Bertz CT molecular complexity index is 665. The van der Waals surface area contributed by atoms with Gasteiger partial charge in [-0.1, -0.05) is 18.2 Å². The summed E-state index contributed by atoms with van der Waals surface area (Å²) in [7, 11) is 0. The van der Waals surface area contributed by atoms with Crippen LogP contribution in [0.1, 0.15) is 0 Å². The Labute approximate surface area is 180 Å². The van der Waals surface area contributed by atoms with Gasteiger partial charge in [-0.15, -0.1) is 0 Å². The molecule has 158 valence electrons. The fraction of sp³-hybridized carbons (Fsp3) is 0. The third-order valence-corrected chi connectivity index (χ3v) is 1.58. The van der Waals surface area contributed by atoms with Crippen molar-refractivity contribution in [3.8, 4) is 0 Å². The van der Waals surface area contributed by atoms with Crippen LogP contribution >= 0.6 is 0 Å². The molecule has 0 saturated carbocycles. The summed E-state index contributed by atoms with van der Waals surface area (Å²) in [4.78, 5) is 35.8. The number of benzene rings is 1. The van der Waals surface area contributed by atoms with Crippen LogP contribution in [0, 0.1) is 81.6 Å². The first kappa shape index (κ1) is 44.4. The van der Waals surface area contributed by atoms with Crippen LogP contribution in [0.4, 0.5) is 0 Å². The molecule has 2 aromatic rings. The van der Waals surface area contributed by atoms with Gasteiger partial charge in [0.1, 0.15) is 0 Å². The number of hydrogen-bond acceptors (Lipinski definition) is 11. The van der Waals surface area contributed by atoms with Gasteiger partial charge in [-0.25, -0.2) is 5.10 Å². The molecular formula is C8H14LaN5O14. The second-order valence-corrected chi connectivity index (χ2v) is 2.96. The van der Waals surface area contributed by atoms with Gasteiger partial charge in [0.15, 0.2) is 0 Å². The molecular weight excluding hydrogens is 529 g/mol. The second kappa shape index (κ2) is 26.2. The van der Waals surface area contributed by atoms with Gasteiger partial charge < -0.3 is 67.9 Å². The maximum absolute atomic E-state index is 11.1. The van der Waals surface area contributed by atoms with E-state index in [1.54, 1.807) is 12.3 Å². The number of nitrogens with zero attached hydrogens (tertiary/aromatic N) is 4. The normalized spacial score (nSPS) is 6.57. The molecule has 1 aromatic heterocycles. The summed E-state index contributed by atoms with van der Waals surface area (Å²) >= 11 is 0. The molecule has 0 amide bonds. The number of fused-ring (bicyclic) bond motifs is 1. The van der Waals surface area contributed by atoms with E-state index in [1.807, 2.05) is 18.2 Å². The van der Waals surface area contributed by atoms with Gasteiger partial charge in [-0.05, 0) is 6.07 Å². The fourth-order valence-electron chi connectivity index (χ4n) is 1.04. The van der Waals surface area contributed by atoms with Crippen molar-refractivity contribution in [1.82, 2.24) is 10.2 Å². The zero-order valence-electron chi connectivity index (χ0n) is 13.3. The summed E-state index contributed by atoms with van der Waals surface area (Å²) in [6.45, 7) is 0. The number of rotatable bonds is 0. The van der Waals surface area contributed by atoms with Gasteiger partial charge in [0.25, 0.3) is 5.56 Å². The first-order chi connectivity index (χ1) is 10.6. The predicted molar refractivity (Wildman–Crippen MR) is 87.9 cm³/mol. The van der Waals surface area contributed by atoms with Crippen LogP contribution < -0.4 is 5.56 Å². The van der Waals surface area contributed by atoms with Crippen molar-refractivity contribution < 1.29 is 72.8 Å². The van der Waals surface area contributed by atoms with Crippen molar-refractivity contribution in [2.45, 2.75) is 0 Å². The third-order valence-electron chi connectivity index (χ3n) is 1.58. The van der Waals surface area contributed by atoms with Crippen LogP contribution in [0.15, 0.2) is 35.3 Å². The molecule has 0 radical (unpaired) electrons. The Morgan fingerprint density at radius 1 is 0.750 bits per heavy atom. The molecule has 9 N–H and O–H groups in total. The Morgan fingerprint density at radius 2 is 1.07 bits per heavy atom. The van der Waals surface area contributed by atoms with Gasteiger partial charge in [0.2, 0.25) is 0 Å². The molecule has 0 spiro atoms. The van der Waals surface area contributed by atoms with Crippen LogP contribution in [-0.4, -0.2) is 47.4 Å². The molecule has 0 aliphatic rings. The minimum absolute atomic E-state index is 0. The molecule has 20 heteroatoms. The molecule has 1 heterocycles. The van der Waals surface area contributed by atoms with E-state index >= 15 is 0 Å². The average Bonchev–Trinajstić information content (AvgIpc) is 2.37. The number of hydrogen-bond donors (Lipinski definition) is 1. The van der Waals surface area contributed by atoms with E-state index in [1.165, 1.54) is 0 Å². The van der Waals surface area contributed by atoms with Crippen LogP contribution in [0.25, 0.3) is 10.8 Å². The maximum atomic E-state index is 11.1. The molecule has 19 nitrogen and oxygen atoms in total. The third kappa shape index (κ3) is 34.4. The zero-order chi connectivity index (χ0) is 18.4. The molecule has 0 aliphatic carbocycles. The summed E-state index contributed by atoms with van der Waals surface area (Å²) in [5.41, 5.74) is -0.136. The summed E-state index contributed by atoms with van der Waals surface area (Å²) in [5, 5.41) is 51.8.